The maximum Gasteiger partial charge on any atom is 0.179 e. The Morgan fingerprint density at radius 1 is 1.08 bits per heavy atom. The Labute approximate surface area is 215 Å². The summed E-state index contributed by atoms with van der Waals surface area (Å²) >= 11 is 0. The van der Waals surface area contributed by atoms with E-state index in [4.69, 9.17) is 20.4 Å². The molecule has 3 aromatic heterocycles. The molecule has 0 unspecified atom stereocenters. The summed E-state index contributed by atoms with van der Waals surface area (Å²) in [4.78, 5) is 14.3. The molecular weight excluding hydrogens is 466 g/mol. The van der Waals surface area contributed by atoms with Gasteiger partial charge in [-0.25, -0.2) is 9.97 Å². The second kappa shape index (κ2) is 8.53. The van der Waals surface area contributed by atoms with Crippen molar-refractivity contribution in [3.63, 3.8) is 0 Å². The Bertz CT molecular complexity index is 1450. The second-order valence-electron chi connectivity index (χ2n) is 10.9. The van der Waals surface area contributed by atoms with E-state index in [2.05, 4.69) is 56.4 Å². The van der Waals surface area contributed by atoms with Crippen molar-refractivity contribution in [1.29, 1.82) is 0 Å². The number of nitrogens with zero attached hydrogens (tertiary/aromatic N) is 7. The Morgan fingerprint density at radius 3 is 2.70 bits per heavy atom. The lowest BCUT2D eigenvalue weighted by atomic mass is 9.73. The summed E-state index contributed by atoms with van der Waals surface area (Å²) in [6, 6.07) is 6.82. The highest BCUT2D eigenvalue weighted by molar-refractivity contribution is 5.84. The first-order valence-electron chi connectivity index (χ1n) is 13.2. The maximum absolute atomic E-state index is 6.49. The van der Waals surface area contributed by atoms with E-state index in [0.29, 0.717) is 0 Å². The number of aromatic nitrogens is 6. The van der Waals surface area contributed by atoms with E-state index in [1.807, 2.05) is 24.1 Å². The third-order valence-electron chi connectivity index (χ3n) is 8.73. The molecule has 4 aromatic rings. The summed E-state index contributed by atoms with van der Waals surface area (Å²) in [6.45, 7) is 6.37. The maximum atomic E-state index is 6.49. The van der Waals surface area contributed by atoms with Gasteiger partial charge >= 0.3 is 0 Å². The molecule has 3 aliphatic rings. The number of rotatable bonds is 3. The van der Waals surface area contributed by atoms with Crippen LogP contribution in [0.2, 0.25) is 0 Å². The van der Waals surface area contributed by atoms with Gasteiger partial charge in [-0.05, 0) is 42.9 Å². The monoisotopic (exact) mass is 499 g/mol. The number of aryl methyl sites for hydroxylation is 1. The topological polar surface area (TPSA) is 114 Å². The van der Waals surface area contributed by atoms with Gasteiger partial charge in [-0.3, -0.25) is 9.78 Å². The van der Waals surface area contributed by atoms with E-state index in [0.717, 1.165) is 80.4 Å². The van der Waals surface area contributed by atoms with Crippen molar-refractivity contribution >= 4 is 22.8 Å². The normalized spacial score (nSPS) is 23.2. The van der Waals surface area contributed by atoms with Gasteiger partial charge < -0.3 is 20.3 Å². The largest absolute Gasteiger partial charge is 0.376 e. The fourth-order valence-electron chi connectivity index (χ4n) is 6.29. The van der Waals surface area contributed by atoms with Crippen molar-refractivity contribution in [2.75, 3.05) is 36.0 Å². The zero-order chi connectivity index (χ0) is 25.1. The molecule has 3 N–H and O–H groups in total. The molecule has 7 rings (SSSR count). The van der Waals surface area contributed by atoms with Gasteiger partial charge in [-0.2, -0.15) is 10.2 Å². The van der Waals surface area contributed by atoms with Gasteiger partial charge in [0.05, 0.1) is 25.1 Å². The molecule has 2 fully saturated rings. The lowest BCUT2D eigenvalue weighted by Gasteiger charge is -2.41. The first-order valence-corrected chi connectivity index (χ1v) is 13.2. The van der Waals surface area contributed by atoms with Gasteiger partial charge in [-0.1, -0.05) is 18.2 Å². The zero-order valence-electron chi connectivity index (χ0n) is 21.4. The molecule has 1 spiro atoms. The molecule has 1 aromatic carbocycles. The lowest BCUT2D eigenvalue weighted by Crippen LogP contribution is -2.50. The smallest absolute Gasteiger partial charge is 0.179 e. The third-order valence-corrected chi connectivity index (χ3v) is 8.73. The minimum atomic E-state index is 0.0951. The summed E-state index contributed by atoms with van der Waals surface area (Å²) in [6.07, 6.45) is 9.00. The average Bonchev–Trinajstić information content (AvgIpc) is 3.63. The molecule has 0 amide bonds. The molecule has 6 heterocycles. The fourth-order valence-corrected chi connectivity index (χ4v) is 6.29. The number of anilines is 2. The zero-order valence-corrected chi connectivity index (χ0v) is 21.4. The van der Waals surface area contributed by atoms with E-state index in [-0.39, 0.29) is 17.6 Å². The minimum Gasteiger partial charge on any atom is -0.376 e. The number of piperidine rings is 1. The number of aromatic amines is 1. The predicted molar refractivity (Wildman–Crippen MR) is 142 cm³/mol. The van der Waals surface area contributed by atoms with Gasteiger partial charge in [-0.15, -0.1) is 0 Å². The van der Waals surface area contributed by atoms with Crippen LogP contribution in [0.15, 0.2) is 36.8 Å². The SMILES string of the molecule is C[C@@H]1OCC2(CCN(c3cnc4c(N5CCc6cc(-c7cnn(C)c7)ccc6C5)n[nH]c4n3)CC2)[C@@H]1N. The molecule has 0 aliphatic carbocycles. The quantitative estimate of drug-likeness (QED) is 0.442. The highest BCUT2D eigenvalue weighted by atomic mass is 16.5. The van der Waals surface area contributed by atoms with Gasteiger partial charge in [0, 0.05) is 56.4 Å². The molecule has 37 heavy (non-hydrogen) atoms. The Kier molecular flexibility index (Phi) is 5.23. The summed E-state index contributed by atoms with van der Waals surface area (Å²) < 4.78 is 7.71. The van der Waals surface area contributed by atoms with Crippen LogP contribution in [0.4, 0.5) is 11.6 Å². The first-order chi connectivity index (χ1) is 18.0. The lowest BCUT2D eigenvalue weighted by molar-refractivity contribution is 0.0974. The molecular formula is C27H33N9O. The number of ether oxygens (including phenoxy) is 1. The van der Waals surface area contributed by atoms with E-state index >= 15 is 0 Å². The first kappa shape index (κ1) is 22.7. The van der Waals surface area contributed by atoms with Crippen molar-refractivity contribution in [2.24, 2.45) is 18.2 Å². The van der Waals surface area contributed by atoms with E-state index < -0.39 is 0 Å². The van der Waals surface area contributed by atoms with Crippen LogP contribution in [0.5, 0.6) is 0 Å². The van der Waals surface area contributed by atoms with Gasteiger partial charge in [0.2, 0.25) is 0 Å². The van der Waals surface area contributed by atoms with Crippen LogP contribution >= 0.6 is 0 Å². The molecule has 0 bridgehead atoms. The molecule has 2 atom stereocenters. The van der Waals surface area contributed by atoms with Crippen molar-refractivity contribution in [3.8, 4) is 11.1 Å². The van der Waals surface area contributed by atoms with Crippen molar-refractivity contribution < 1.29 is 4.74 Å². The third kappa shape index (κ3) is 3.77. The van der Waals surface area contributed by atoms with Gasteiger partial charge in [0.15, 0.2) is 17.0 Å². The predicted octanol–water partition coefficient (Wildman–Crippen LogP) is 2.65. The van der Waals surface area contributed by atoms with E-state index in [1.54, 1.807) is 0 Å². The second-order valence-corrected chi connectivity index (χ2v) is 10.9. The van der Waals surface area contributed by atoms with Gasteiger partial charge in [0.25, 0.3) is 0 Å². The summed E-state index contributed by atoms with van der Waals surface area (Å²) in [5.74, 6) is 1.77. The number of H-pyrrole nitrogens is 1. The standard InChI is InChI=1S/C27H33N9O/c1-17-24(28)27(16-37-17)6-9-35(10-7-27)22-13-29-23-25(31-22)32-33-26(23)36-8-5-19-11-18(3-4-20(19)15-36)21-12-30-34(2)14-21/h3-4,11-14,17,24H,5-10,15-16,28H2,1-2H3,(H,31,32,33)/t17-,24+/m0/s1. The van der Waals surface area contributed by atoms with Crippen LogP contribution in [-0.2, 0) is 24.8 Å². The fraction of sp³-hybridized carbons (Fsp3) is 0.481. The minimum absolute atomic E-state index is 0.0951. The molecule has 10 heteroatoms. The number of fused-ring (bicyclic) bond motifs is 2. The van der Waals surface area contributed by atoms with Crippen LogP contribution in [0.25, 0.3) is 22.3 Å². The van der Waals surface area contributed by atoms with Crippen LogP contribution in [-0.4, -0.2) is 68.3 Å². The average molecular weight is 500 g/mol. The van der Waals surface area contributed by atoms with Crippen molar-refractivity contribution in [1.82, 2.24) is 29.9 Å². The summed E-state index contributed by atoms with van der Waals surface area (Å²) in [7, 11) is 1.95. The molecule has 10 nitrogen and oxygen atoms in total. The Morgan fingerprint density at radius 2 is 1.95 bits per heavy atom. The highest BCUT2D eigenvalue weighted by Gasteiger charge is 2.47. The molecule has 2 saturated heterocycles. The Balaban J connectivity index is 1.07. The van der Waals surface area contributed by atoms with Crippen LogP contribution in [0.1, 0.15) is 30.9 Å². The van der Waals surface area contributed by atoms with Crippen LogP contribution < -0.4 is 15.5 Å². The summed E-state index contributed by atoms with van der Waals surface area (Å²) in [5, 5.41) is 12.1. The van der Waals surface area contributed by atoms with Crippen molar-refractivity contribution in [2.45, 2.75) is 44.9 Å². The highest BCUT2D eigenvalue weighted by Crippen LogP contribution is 2.42. The van der Waals surface area contributed by atoms with Crippen LogP contribution in [0.3, 0.4) is 0 Å². The van der Waals surface area contributed by atoms with E-state index in [1.165, 1.54) is 16.7 Å². The number of nitrogens with two attached hydrogens (primary N) is 1. The molecule has 3 aliphatic heterocycles. The molecule has 192 valence electrons. The number of hydrogen-bond acceptors (Lipinski definition) is 8. The number of benzene rings is 1. The van der Waals surface area contributed by atoms with Crippen LogP contribution in [0, 0.1) is 5.41 Å². The summed E-state index contributed by atoms with van der Waals surface area (Å²) in [5.41, 5.74) is 13.2. The van der Waals surface area contributed by atoms with Gasteiger partial charge in [0.1, 0.15) is 5.82 Å². The van der Waals surface area contributed by atoms with Crippen molar-refractivity contribution in [3.05, 3.63) is 47.9 Å². The Hall–Kier alpha value is -3.50. The molecule has 0 radical (unpaired) electrons. The molecule has 0 saturated carbocycles. The number of nitrogens with one attached hydrogen (secondary N) is 1. The number of hydrogen-bond donors (Lipinski definition) is 2. The van der Waals surface area contributed by atoms with E-state index in [9.17, 15) is 0 Å².